The number of halogens is 1. The topological polar surface area (TPSA) is 42.4 Å². The first-order valence-electron chi connectivity index (χ1n) is 7.93. The van der Waals surface area contributed by atoms with Gasteiger partial charge in [0.15, 0.2) is 0 Å². The molecule has 0 N–H and O–H groups in total. The molecule has 25 heavy (non-hydrogen) atoms. The van der Waals surface area contributed by atoms with Crippen LogP contribution >= 0.6 is 27.3 Å². The number of carbonyl (C=O) groups excluding carboxylic acids is 1. The second kappa shape index (κ2) is 6.98. The Kier molecular flexibility index (Phi) is 4.55. The lowest BCUT2D eigenvalue weighted by molar-refractivity contribution is 0.0732. The lowest BCUT2D eigenvalue weighted by atomic mass is 10.1. The molecule has 0 aliphatic carbocycles. The molecule has 6 heteroatoms. The van der Waals surface area contributed by atoms with Crippen LogP contribution in [0.15, 0.2) is 58.5 Å². The van der Waals surface area contributed by atoms with E-state index in [1.807, 2.05) is 29.2 Å². The SMILES string of the molecule is O=C(c1cccnc1Oc1ccc(Br)cc1)N1CCc2sccc2C1. The van der Waals surface area contributed by atoms with E-state index in [2.05, 4.69) is 32.4 Å². The fourth-order valence-corrected chi connectivity index (χ4v) is 4.00. The largest absolute Gasteiger partial charge is 0.438 e. The van der Waals surface area contributed by atoms with E-state index in [1.54, 1.807) is 29.7 Å². The van der Waals surface area contributed by atoms with E-state index >= 15 is 0 Å². The van der Waals surface area contributed by atoms with Gasteiger partial charge >= 0.3 is 0 Å². The van der Waals surface area contributed by atoms with Crippen LogP contribution in [0.25, 0.3) is 0 Å². The summed E-state index contributed by atoms with van der Waals surface area (Å²) in [5.74, 6) is 0.942. The maximum absolute atomic E-state index is 13.0. The first-order chi connectivity index (χ1) is 12.2. The van der Waals surface area contributed by atoms with Crippen LogP contribution in [0.4, 0.5) is 0 Å². The van der Waals surface area contributed by atoms with Gasteiger partial charge in [-0.2, -0.15) is 0 Å². The number of nitrogens with zero attached hydrogens (tertiary/aromatic N) is 2. The molecule has 4 nitrogen and oxygen atoms in total. The summed E-state index contributed by atoms with van der Waals surface area (Å²) in [4.78, 5) is 20.5. The highest BCUT2D eigenvalue weighted by Gasteiger charge is 2.25. The van der Waals surface area contributed by atoms with E-state index in [-0.39, 0.29) is 5.91 Å². The molecule has 3 heterocycles. The van der Waals surface area contributed by atoms with Gasteiger partial charge in [0.2, 0.25) is 5.88 Å². The van der Waals surface area contributed by atoms with Gasteiger partial charge in [-0.25, -0.2) is 4.98 Å². The van der Waals surface area contributed by atoms with Crippen molar-refractivity contribution < 1.29 is 9.53 Å². The number of rotatable bonds is 3. The van der Waals surface area contributed by atoms with Crippen LogP contribution in [0.2, 0.25) is 0 Å². The van der Waals surface area contributed by atoms with Gasteiger partial charge in [0.05, 0.1) is 0 Å². The Balaban J connectivity index is 1.58. The zero-order valence-electron chi connectivity index (χ0n) is 13.3. The van der Waals surface area contributed by atoms with Gasteiger partial charge in [-0.1, -0.05) is 15.9 Å². The predicted molar refractivity (Wildman–Crippen MR) is 101 cm³/mol. The Bertz CT molecular complexity index is 908. The molecule has 4 rings (SSSR count). The molecule has 0 atom stereocenters. The zero-order chi connectivity index (χ0) is 17.2. The molecule has 0 unspecified atom stereocenters. The van der Waals surface area contributed by atoms with E-state index < -0.39 is 0 Å². The minimum Gasteiger partial charge on any atom is -0.438 e. The highest BCUT2D eigenvalue weighted by molar-refractivity contribution is 9.10. The lowest BCUT2D eigenvalue weighted by Crippen LogP contribution is -2.35. The predicted octanol–water partition coefficient (Wildman–Crippen LogP) is 4.90. The molecule has 2 aromatic heterocycles. The third kappa shape index (κ3) is 3.45. The van der Waals surface area contributed by atoms with Gasteiger partial charge in [0.25, 0.3) is 5.91 Å². The molecule has 0 saturated heterocycles. The quantitative estimate of drug-likeness (QED) is 0.612. The number of benzene rings is 1. The number of fused-ring (bicyclic) bond motifs is 1. The smallest absolute Gasteiger partial charge is 0.259 e. The summed E-state index contributed by atoms with van der Waals surface area (Å²) in [7, 11) is 0. The molecule has 0 saturated carbocycles. The lowest BCUT2D eigenvalue weighted by Gasteiger charge is -2.27. The zero-order valence-corrected chi connectivity index (χ0v) is 15.7. The van der Waals surface area contributed by atoms with Gasteiger partial charge in [0, 0.05) is 28.6 Å². The second-order valence-corrected chi connectivity index (χ2v) is 7.67. The van der Waals surface area contributed by atoms with Crippen LogP contribution < -0.4 is 4.74 Å². The van der Waals surface area contributed by atoms with Gasteiger partial charge < -0.3 is 9.64 Å². The summed E-state index contributed by atoms with van der Waals surface area (Å²) >= 11 is 5.16. The van der Waals surface area contributed by atoms with Gasteiger partial charge in [-0.15, -0.1) is 11.3 Å². The minimum absolute atomic E-state index is 0.0444. The Hall–Kier alpha value is -2.18. The molecule has 0 radical (unpaired) electrons. The molecule has 3 aromatic rings. The summed E-state index contributed by atoms with van der Waals surface area (Å²) in [6.07, 6.45) is 2.54. The van der Waals surface area contributed by atoms with Crippen LogP contribution in [0.1, 0.15) is 20.8 Å². The van der Waals surface area contributed by atoms with Crippen molar-refractivity contribution in [2.75, 3.05) is 6.54 Å². The molecular formula is C19H15BrN2O2S. The molecular weight excluding hydrogens is 400 g/mol. The standard InChI is InChI=1S/C19H15BrN2O2S/c20-14-3-5-15(6-4-14)24-18-16(2-1-9-21-18)19(23)22-10-7-17-13(12-22)8-11-25-17/h1-6,8-9,11H,7,10,12H2. The summed E-state index contributed by atoms with van der Waals surface area (Å²) in [5.41, 5.74) is 1.73. The number of ether oxygens (including phenoxy) is 1. The van der Waals surface area contributed by atoms with Crippen molar-refractivity contribution >= 4 is 33.2 Å². The van der Waals surface area contributed by atoms with E-state index in [0.29, 0.717) is 23.7 Å². The maximum atomic E-state index is 13.0. The van der Waals surface area contributed by atoms with Crippen molar-refractivity contribution in [2.24, 2.45) is 0 Å². The van der Waals surface area contributed by atoms with Crippen LogP contribution in [-0.4, -0.2) is 22.3 Å². The van der Waals surface area contributed by atoms with E-state index in [0.717, 1.165) is 17.4 Å². The van der Waals surface area contributed by atoms with Crippen molar-refractivity contribution in [3.8, 4) is 11.6 Å². The average molecular weight is 415 g/mol. The second-order valence-electron chi connectivity index (χ2n) is 5.76. The Morgan fingerprint density at radius 2 is 2.04 bits per heavy atom. The summed E-state index contributed by atoms with van der Waals surface area (Å²) in [6, 6.07) is 13.1. The molecule has 0 fully saturated rings. The first-order valence-corrected chi connectivity index (χ1v) is 9.61. The van der Waals surface area contributed by atoms with Crippen LogP contribution in [0.5, 0.6) is 11.6 Å². The molecule has 126 valence electrons. The minimum atomic E-state index is -0.0444. The monoisotopic (exact) mass is 414 g/mol. The van der Waals surface area contributed by atoms with Gasteiger partial charge in [-0.05, 0) is 59.8 Å². The van der Waals surface area contributed by atoms with Crippen LogP contribution in [0.3, 0.4) is 0 Å². The summed E-state index contributed by atoms with van der Waals surface area (Å²) in [5, 5.41) is 2.09. The van der Waals surface area contributed by atoms with E-state index in [9.17, 15) is 4.79 Å². The Morgan fingerprint density at radius 3 is 2.88 bits per heavy atom. The van der Waals surface area contributed by atoms with Crippen molar-refractivity contribution in [3.63, 3.8) is 0 Å². The average Bonchev–Trinajstić information content (AvgIpc) is 3.11. The normalized spacial score (nSPS) is 13.4. The molecule has 1 aromatic carbocycles. The molecule has 0 bridgehead atoms. The van der Waals surface area contributed by atoms with Crippen molar-refractivity contribution in [2.45, 2.75) is 13.0 Å². The number of pyridine rings is 1. The molecule has 0 spiro atoms. The fourth-order valence-electron chi connectivity index (χ4n) is 2.84. The number of carbonyl (C=O) groups is 1. The van der Waals surface area contributed by atoms with Gasteiger partial charge in [0.1, 0.15) is 11.3 Å². The molecule has 1 amide bonds. The number of thiophene rings is 1. The summed E-state index contributed by atoms with van der Waals surface area (Å²) < 4.78 is 6.82. The fraction of sp³-hybridized carbons (Fsp3) is 0.158. The summed E-state index contributed by atoms with van der Waals surface area (Å²) in [6.45, 7) is 1.36. The van der Waals surface area contributed by atoms with E-state index in [1.165, 1.54) is 10.4 Å². The van der Waals surface area contributed by atoms with Crippen molar-refractivity contribution in [1.29, 1.82) is 0 Å². The Morgan fingerprint density at radius 1 is 1.20 bits per heavy atom. The Labute approximate surface area is 158 Å². The van der Waals surface area contributed by atoms with Crippen molar-refractivity contribution in [1.82, 2.24) is 9.88 Å². The highest BCUT2D eigenvalue weighted by Crippen LogP contribution is 2.28. The van der Waals surface area contributed by atoms with Crippen molar-refractivity contribution in [3.05, 3.63) is 74.5 Å². The number of aromatic nitrogens is 1. The van der Waals surface area contributed by atoms with E-state index in [4.69, 9.17) is 4.74 Å². The number of amides is 1. The third-order valence-electron chi connectivity index (χ3n) is 4.12. The molecule has 1 aliphatic heterocycles. The maximum Gasteiger partial charge on any atom is 0.259 e. The van der Waals surface area contributed by atoms with Gasteiger partial charge in [-0.3, -0.25) is 4.79 Å². The third-order valence-corrected chi connectivity index (χ3v) is 5.68. The number of hydrogen-bond acceptors (Lipinski definition) is 4. The first kappa shape index (κ1) is 16.3. The number of hydrogen-bond donors (Lipinski definition) is 0. The molecule has 1 aliphatic rings. The highest BCUT2D eigenvalue weighted by atomic mass is 79.9. The van der Waals surface area contributed by atoms with Crippen LogP contribution in [0, 0.1) is 0 Å². The van der Waals surface area contributed by atoms with Crippen LogP contribution in [-0.2, 0) is 13.0 Å².